The van der Waals surface area contributed by atoms with Crippen LogP contribution in [0.3, 0.4) is 0 Å². The van der Waals surface area contributed by atoms with Crippen molar-refractivity contribution in [3.8, 4) is 11.5 Å². The van der Waals surface area contributed by atoms with Crippen LogP contribution in [0.2, 0.25) is 0 Å². The van der Waals surface area contributed by atoms with Crippen LogP contribution in [0.4, 0.5) is 0 Å². The van der Waals surface area contributed by atoms with Crippen molar-refractivity contribution in [1.82, 2.24) is 4.98 Å². The molecule has 124 valence electrons. The van der Waals surface area contributed by atoms with Crippen LogP contribution in [0, 0.1) is 13.8 Å². The molecule has 0 aliphatic rings. The first-order valence-electron chi connectivity index (χ1n) is 7.35. The van der Waals surface area contributed by atoms with Crippen molar-refractivity contribution in [2.24, 2.45) is 0 Å². The number of ether oxygens (including phenoxy) is 1. The number of fused-ring (bicyclic) bond motifs is 1. The predicted octanol–water partition coefficient (Wildman–Crippen LogP) is 3.63. The zero-order chi connectivity index (χ0) is 17.3. The number of hydrogen-bond donors (Lipinski definition) is 0. The Labute approximate surface area is 141 Å². The fourth-order valence-corrected chi connectivity index (χ4v) is 3.57. The molecule has 0 unspecified atom stereocenters. The van der Waals surface area contributed by atoms with E-state index in [-0.39, 0.29) is 10.6 Å². The predicted molar refractivity (Wildman–Crippen MR) is 92.0 cm³/mol. The molecule has 1 aromatic heterocycles. The third-order valence-corrected chi connectivity index (χ3v) is 4.87. The minimum absolute atomic E-state index is 0.0302. The molecule has 0 saturated heterocycles. The van der Waals surface area contributed by atoms with Gasteiger partial charge in [0.05, 0.1) is 12.6 Å². The summed E-state index contributed by atoms with van der Waals surface area (Å²) in [7, 11) is -2.57. The summed E-state index contributed by atoms with van der Waals surface area (Å²) in [5.41, 5.74) is 2.28. The van der Waals surface area contributed by atoms with Crippen LogP contribution in [0.15, 0.2) is 53.6 Å². The van der Waals surface area contributed by atoms with Gasteiger partial charge in [-0.3, -0.25) is 4.98 Å². The highest BCUT2D eigenvalue weighted by atomic mass is 32.2. The fourth-order valence-electron chi connectivity index (χ4n) is 2.45. The molecule has 0 saturated carbocycles. The van der Waals surface area contributed by atoms with Gasteiger partial charge < -0.3 is 8.92 Å². The van der Waals surface area contributed by atoms with Gasteiger partial charge in [-0.25, -0.2) is 0 Å². The van der Waals surface area contributed by atoms with Gasteiger partial charge in [0.25, 0.3) is 0 Å². The number of benzene rings is 2. The van der Waals surface area contributed by atoms with E-state index in [1.165, 1.54) is 13.2 Å². The van der Waals surface area contributed by atoms with Gasteiger partial charge in [-0.1, -0.05) is 18.2 Å². The summed E-state index contributed by atoms with van der Waals surface area (Å²) >= 11 is 0. The maximum absolute atomic E-state index is 12.7. The number of aromatic nitrogens is 1. The van der Waals surface area contributed by atoms with Crippen molar-refractivity contribution >= 4 is 21.0 Å². The first-order valence-corrected chi connectivity index (χ1v) is 8.76. The third kappa shape index (κ3) is 3.05. The lowest BCUT2D eigenvalue weighted by atomic mass is 10.2. The molecule has 2 aromatic carbocycles. The molecule has 0 bridgehead atoms. The quantitative estimate of drug-likeness (QED) is 0.677. The Morgan fingerprint density at radius 2 is 1.75 bits per heavy atom. The largest absolute Gasteiger partial charge is 0.493 e. The molecule has 0 atom stereocenters. The van der Waals surface area contributed by atoms with Gasteiger partial charge in [0, 0.05) is 11.6 Å². The van der Waals surface area contributed by atoms with Crippen molar-refractivity contribution in [3.63, 3.8) is 0 Å². The van der Waals surface area contributed by atoms with E-state index in [0.717, 1.165) is 16.5 Å². The summed E-state index contributed by atoms with van der Waals surface area (Å²) in [6, 6.07) is 11.9. The molecule has 0 N–H and O–H groups in total. The van der Waals surface area contributed by atoms with Crippen molar-refractivity contribution < 1.29 is 17.3 Å². The van der Waals surface area contributed by atoms with E-state index >= 15 is 0 Å². The summed E-state index contributed by atoms with van der Waals surface area (Å²) in [6.45, 7) is 3.79. The van der Waals surface area contributed by atoms with Crippen LogP contribution < -0.4 is 8.92 Å². The van der Waals surface area contributed by atoms with Gasteiger partial charge >= 0.3 is 10.1 Å². The first kappa shape index (κ1) is 16.3. The van der Waals surface area contributed by atoms with Crippen molar-refractivity contribution in [2.45, 2.75) is 18.7 Å². The molecule has 6 heteroatoms. The monoisotopic (exact) mass is 343 g/mol. The lowest BCUT2D eigenvalue weighted by Crippen LogP contribution is -2.11. The Balaban J connectivity index is 2.09. The Kier molecular flexibility index (Phi) is 4.15. The van der Waals surface area contributed by atoms with Gasteiger partial charge in [-0.15, -0.1) is 0 Å². The maximum Gasteiger partial charge on any atom is 0.341 e. The van der Waals surface area contributed by atoms with Gasteiger partial charge in [-0.05, 0) is 49.2 Å². The molecule has 1 heterocycles. The second-order valence-corrected chi connectivity index (χ2v) is 7.05. The van der Waals surface area contributed by atoms with Crippen LogP contribution in [0.25, 0.3) is 10.9 Å². The van der Waals surface area contributed by atoms with Gasteiger partial charge in [0.1, 0.15) is 4.90 Å². The molecule has 0 fully saturated rings. The highest BCUT2D eigenvalue weighted by Gasteiger charge is 2.22. The fraction of sp³-hybridized carbons (Fsp3) is 0.167. The average Bonchev–Trinajstić information content (AvgIpc) is 2.55. The highest BCUT2D eigenvalue weighted by molar-refractivity contribution is 7.87. The van der Waals surface area contributed by atoms with E-state index < -0.39 is 10.1 Å². The summed E-state index contributed by atoms with van der Waals surface area (Å²) in [6.07, 6.45) is 1.63. The van der Waals surface area contributed by atoms with Gasteiger partial charge in [-0.2, -0.15) is 8.42 Å². The van der Waals surface area contributed by atoms with E-state index in [4.69, 9.17) is 8.92 Å². The smallest absolute Gasteiger partial charge is 0.341 e. The Morgan fingerprint density at radius 3 is 2.50 bits per heavy atom. The van der Waals surface area contributed by atoms with E-state index in [2.05, 4.69) is 4.98 Å². The zero-order valence-electron chi connectivity index (χ0n) is 13.6. The molecular formula is C18H17NO4S. The first-order chi connectivity index (χ1) is 11.4. The van der Waals surface area contributed by atoms with Crippen LogP contribution in [0.5, 0.6) is 11.5 Å². The highest BCUT2D eigenvalue weighted by Crippen LogP contribution is 2.32. The van der Waals surface area contributed by atoms with Gasteiger partial charge in [0.2, 0.25) is 0 Å². The van der Waals surface area contributed by atoms with E-state index in [0.29, 0.717) is 11.3 Å². The molecule has 0 amide bonds. The van der Waals surface area contributed by atoms with E-state index in [1.807, 2.05) is 26.0 Å². The lowest BCUT2D eigenvalue weighted by molar-refractivity contribution is 0.390. The number of hydrogen-bond acceptors (Lipinski definition) is 5. The molecule has 0 aliphatic carbocycles. The second-order valence-electron chi connectivity index (χ2n) is 5.53. The number of pyridine rings is 1. The van der Waals surface area contributed by atoms with Crippen LogP contribution in [-0.4, -0.2) is 20.5 Å². The normalized spacial score (nSPS) is 11.5. The number of para-hydroxylation sites is 1. The minimum Gasteiger partial charge on any atom is -0.493 e. The molecule has 3 aromatic rings. The van der Waals surface area contributed by atoms with Crippen LogP contribution in [-0.2, 0) is 10.1 Å². The molecule has 0 aliphatic heterocycles. The van der Waals surface area contributed by atoms with Crippen LogP contribution in [0.1, 0.15) is 11.1 Å². The Morgan fingerprint density at radius 1 is 0.958 bits per heavy atom. The minimum atomic E-state index is -4.04. The Bertz CT molecular complexity index is 1010. The van der Waals surface area contributed by atoms with Crippen molar-refractivity contribution in [1.29, 1.82) is 0 Å². The third-order valence-electron chi connectivity index (χ3n) is 3.60. The molecule has 24 heavy (non-hydrogen) atoms. The number of rotatable bonds is 4. The number of nitrogens with zero attached hydrogens (tertiary/aromatic N) is 1. The standard InChI is InChI=1S/C18H17NO4S/c1-12-7-8-15(16(10-12)22-3)23-24(20,21)17-6-4-5-14-9-13(2)11-19-18(14)17/h4-11H,1-3H3. The summed E-state index contributed by atoms with van der Waals surface area (Å²) < 4.78 is 36.0. The molecular weight excluding hydrogens is 326 g/mol. The van der Waals surface area contributed by atoms with Gasteiger partial charge in [0.15, 0.2) is 11.5 Å². The maximum atomic E-state index is 12.7. The second kappa shape index (κ2) is 6.13. The summed E-state index contributed by atoms with van der Waals surface area (Å²) in [5.74, 6) is 0.509. The van der Waals surface area contributed by atoms with Crippen molar-refractivity contribution in [2.75, 3.05) is 7.11 Å². The molecule has 3 rings (SSSR count). The molecule has 0 spiro atoms. The number of methoxy groups -OCH3 is 1. The van der Waals surface area contributed by atoms with E-state index in [1.54, 1.807) is 30.5 Å². The number of aryl methyl sites for hydroxylation is 2. The summed E-state index contributed by atoms with van der Waals surface area (Å²) in [5, 5.41) is 0.746. The van der Waals surface area contributed by atoms with Crippen molar-refractivity contribution in [3.05, 3.63) is 59.8 Å². The van der Waals surface area contributed by atoms with Crippen LogP contribution >= 0.6 is 0 Å². The van der Waals surface area contributed by atoms with E-state index in [9.17, 15) is 8.42 Å². The SMILES string of the molecule is COc1cc(C)ccc1OS(=O)(=O)c1cccc2cc(C)cnc12. The summed E-state index contributed by atoms with van der Waals surface area (Å²) in [4.78, 5) is 4.29. The molecule has 5 nitrogen and oxygen atoms in total. The topological polar surface area (TPSA) is 65.5 Å². The lowest BCUT2D eigenvalue weighted by Gasteiger charge is -2.12. The Hall–Kier alpha value is -2.60. The average molecular weight is 343 g/mol. The molecule has 0 radical (unpaired) electrons. The zero-order valence-corrected chi connectivity index (χ0v) is 14.4.